The van der Waals surface area contributed by atoms with Crippen LogP contribution in [0.4, 0.5) is 20.2 Å². The van der Waals surface area contributed by atoms with Gasteiger partial charge in [-0.3, -0.25) is 9.48 Å². The van der Waals surface area contributed by atoms with Crippen LogP contribution in [0.2, 0.25) is 0 Å². The number of carbonyl (C=O) groups is 1. The van der Waals surface area contributed by atoms with Crippen molar-refractivity contribution in [3.8, 4) is 0 Å². The minimum atomic E-state index is -0.814. The topological polar surface area (TPSA) is 59.0 Å². The van der Waals surface area contributed by atoms with Gasteiger partial charge in [0.2, 0.25) is 5.91 Å². The minimum Gasteiger partial charge on any atom is -0.371 e. The van der Waals surface area contributed by atoms with Gasteiger partial charge in [-0.2, -0.15) is 5.10 Å². The minimum absolute atomic E-state index is 0.0598. The Morgan fingerprint density at radius 1 is 1.30 bits per heavy atom. The van der Waals surface area contributed by atoms with Crippen molar-refractivity contribution in [2.24, 2.45) is 0 Å². The Bertz CT molecular complexity index is 706. The van der Waals surface area contributed by atoms with Crippen molar-refractivity contribution < 1.29 is 13.6 Å². The molecule has 0 spiro atoms. The fraction of sp³-hybridized carbons (Fsp3) is 0.375. The van der Waals surface area contributed by atoms with E-state index in [1.165, 1.54) is 6.07 Å². The number of nitrogens with one attached hydrogen (secondary N) is 2. The molecule has 0 aliphatic rings. The Hall–Kier alpha value is -2.44. The second kappa shape index (κ2) is 6.36. The molecule has 0 fully saturated rings. The number of halogens is 2. The van der Waals surface area contributed by atoms with Gasteiger partial charge < -0.3 is 10.6 Å². The number of hydrogen-bond acceptors (Lipinski definition) is 3. The molecule has 0 radical (unpaired) electrons. The molecule has 0 unspecified atom stereocenters. The van der Waals surface area contributed by atoms with E-state index in [-0.39, 0.29) is 11.2 Å². The summed E-state index contributed by atoms with van der Waals surface area (Å²) in [5, 5.41) is 9.65. The van der Waals surface area contributed by atoms with Gasteiger partial charge in [-0.1, -0.05) is 0 Å². The Labute approximate surface area is 133 Å². The fourth-order valence-electron chi connectivity index (χ4n) is 1.91. The second-order valence-corrected chi connectivity index (χ2v) is 6.32. The Morgan fingerprint density at radius 2 is 2.00 bits per heavy atom. The molecule has 0 saturated heterocycles. The van der Waals surface area contributed by atoms with Crippen LogP contribution < -0.4 is 10.6 Å². The quantitative estimate of drug-likeness (QED) is 0.907. The molecule has 2 aromatic rings. The van der Waals surface area contributed by atoms with E-state index < -0.39 is 23.6 Å². The van der Waals surface area contributed by atoms with Gasteiger partial charge in [-0.05, 0) is 39.8 Å². The molecule has 0 saturated carbocycles. The summed E-state index contributed by atoms with van der Waals surface area (Å²) in [5.74, 6) is -1.94. The van der Waals surface area contributed by atoms with Crippen LogP contribution in [0.3, 0.4) is 0 Å². The average molecular weight is 322 g/mol. The molecule has 7 heteroatoms. The van der Waals surface area contributed by atoms with E-state index in [0.717, 1.165) is 12.1 Å². The standard InChI is InChI=1S/C16H20F2N4O/c1-10(20-12-8-19-22(9-12)16(2,3)4)15(23)21-14-6-5-11(17)7-13(14)18/h5-10,20H,1-4H3,(H,21,23)/t10-/m0/s1. The van der Waals surface area contributed by atoms with Crippen molar-refractivity contribution in [2.45, 2.75) is 39.3 Å². The van der Waals surface area contributed by atoms with Crippen LogP contribution in [0.15, 0.2) is 30.6 Å². The SMILES string of the molecule is C[C@H](Nc1cnn(C(C)(C)C)c1)C(=O)Nc1ccc(F)cc1F. The van der Waals surface area contributed by atoms with Crippen LogP contribution in [0, 0.1) is 11.6 Å². The molecule has 2 N–H and O–H groups in total. The Morgan fingerprint density at radius 3 is 2.57 bits per heavy atom. The lowest BCUT2D eigenvalue weighted by molar-refractivity contribution is -0.116. The van der Waals surface area contributed by atoms with Crippen LogP contribution in [0.1, 0.15) is 27.7 Å². The van der Waals surface area contributed by atoms with Crippen LogP contribution >= 0.6 is 0 Å². The largest absolute Gasteiger partial charge is 0.371 e. The molecule has 0 bridgehead atoms. The highest BCUT2D eigenvalue weighted by Crippen LogP contribution is 2.18. The lowest BCUT2D eigenvalue weighted by atomic mass is 10.1. The number of amides is 1. The zero-order valence-electron chi connectivity index (χ0n) is 13.5. The average Bonchev–Trinajstić information content (AvgIpc) is 2.90. The molecule has 1 amide bonds. The number of aromatic nitrogens is 2. The zero-order chi connectivity index (χ0) is 17.2. The van der Waals surface area contributed by atoms with E-state index >= 15 is 0 Å². The van der Waals surface area contributed by atoms with Crippen molar-refractivity contribution in [2.75, 3.05) is 10.6 Å². The summed E-state index contributed by atoms with van der Waals surface area (Å²) >= 11 is 0. The summed E-state index contributed by atoms with van der Waals surface area (Å²) in [6.07, 6.45) is 3.41. The lowest BCUT2D eigenvalue weighted by Gasteiger charge is -2.19. The molecule has 23 heavy (non-hydrogen) atoms. The number of carbonyl (C=O) groups excluding carboxylic acids is 1. The summed E-state index contributed by atoms with van der Waals surface area (Å²) in [7, 11) is 0. The molecule has 1 heterocycles. The molecule has 2 rings (SSSR count). The van der Waals surface area contributed by atoms with E-state index in [4.69, 9.17) is 0 Å². The van der Waals surface area contributed by atoms with Gasteiger partial charge >= 0.3 is 0 Å². The van der Waals surface area contributed by atoms with Gasteiger partial charge in [0.05, 0.1) is 23.1 Å². The van der Waals surface area contributed by atoms with E-state index in [9.17, 15) is 13.6 Å². The zero-order valence-corrected chi connectivity index (χ0v) is 13.5. The van der Waals surface area contributed by atoms with Gasteiger partial charge in [-0.15, -0.1) is 0 Å². The number of rotatable bonds is 4. The molecule has 0 aliphatic heterocycles. The van der Waals surface area contributed by atoms with Crippen molar-refractivity contribution >= 4 is 17.3 Å². The first-order valence-corrected chi connectivity index (χ1v) is 7.24. The molecule has 1 aromatic carbocycles. The third-order valence-corrected chi connectivity index (χ3v) is 3.24. The number of anilines is 2. The fourth-order valence-corrected chi connectivity index (χ4v) is 1.91. The third-order valence-electron chi connectivity index (χ3n) is 3.24. The van der Waals surface area contributed by atoms with Crippen molar-refractivity contribution in [3.05, 3.63) is 42.2 Å². The van der Waals surface area contributed by atoms with Gasteiger partial charge in [0, 0.05) is 12.3 Å². The first-order chi connectivity index (χ1) is 10.7. The maximum atomic E-state index is 13.5. The Balaban J connectivity index is 2.01. The van der Waals surface area contributed by atoms with Crippen LogP contribution in [-0.2, 0) is 10.3 Å². The van der Waals surface area contributed by atoms with Gasteiger partial charge in [-0.25, -0.2) is 8.78 Å². The van der Waals surface area contributed by atoms with E-state index in [2.05, 4.69) is 15.7 Å². The maximum Gasteiger partial charge on any atom is 0.246 e. The smallest absolute Gasteiger partial charge is 0.246 e. The molecule has 124 valence electrons. The van der Waals surface area contributed by atoms with Crippen LogP contribution in [0.25, 0.3) is 0 Å². The summed E-state index contributed by atoms with van der Waals surface area (Å²) in [5.41, 5.74) is 0.459. The van der Waals surface area contributed by atoms with Crippen molar-refractivity contribution in [3.63, 3.8) is 0 Å². The maximum absolute atomic E-state index is 13.5. The molecule has 1 aromatic heterocycles. The Kier molecular flexibility index (Phi) is 4.68. The highest BCUT2D eigenvalue weighted by molar-refractivity contribution is 5.96. The molecule has 1 atom stereocenters. The highest BCUT2D eigenvalue weighted by atomic mass is 19.1. The van der Waals surface area contributed by atoms with E-state index in [1.807, 2.05) is 20.8 Å². The van der Waals surface area contributed by atoms with Gasteiger partial charge in [0.25, 0.3) is 0 Å². The van der Waals surface area contributed by atoms with Crippen LogP contribution in [-0.4, -0.2) is 21.7 Å². The molecule has 0 aliphatic carbocycles. The third kappa shape index (κ3) is 4.28. The van der Waals surface area contributed by atoms with E-state index in [0.29, 0.717) is 5.69 Å². The number of hydrogen-bond donors (Lipinski definition) is 2. The summed E-state index contributed by atoms with van der Waals surface area (Å²) < 4.78 is 28.2. The van der Waals surface area contributed by atoms with Crippen LogP contribution in [0.5, 0.6) is 0 Å². The van der Waals surface area contributed by atoms with Crippen molar-refractivity contribution in [1.29, 1.82) is 0 Å². The van der Waals surface area contributed by atoms with Gasteiger partial charge in [0.1, 0.15) is 17.7 Å². The lowest BCUT2D eigenvalue weighted by Crippen LogP contribution is -2.32. The molecule has 5 nitrogen and oxygen atoms in total. The number of nitrogens with zero attached hydrogens (tertiary/aromatic N) is 2. The van der Waals surface area contributed by atoms with Crippen molar-refractivity contribution in [1.82, 2.24) is 9.78 Å². The molecular weight excluding hydrogens is 302 g/mol. The molecular formula is C16H20F2N4O. The highest BCUT2D eigenvalue weighted by Gasteiger charge is 2.18. The monoisotopic (exact) mass is 322 g/mol. The summed E-state index contributed by atoms with van der Waals surface area (Å²) in [6, 6.07) is 2.38. The number of benzene rings is 1. The summed E-state index contributed by atoms with van der Waals surface area (Å²) in [6.45, 7) is 7.68. The summed E-state index contributed by atoms with van der Waals surface area (Å²) in [4.78, 5) is 12.1. The van der Waals surface area contributed by atoms with E-state index in [1.54, 1.807) is 24.0 Å². The predicted octanol–water partition coefficient (Wildman–Crippen LogP) is 3.36. The van der Waals surface area contributed by atoms with Gasteiger partial charge in [0.15, 0.2) is 0 Å². The first-order valence-electron chi connectivity index (χ1n) is 7.24. The normalized spacial score (nSPS) is 12.8. The first kappa shape index (κ1) is 16.9. The second-order valence-electron chi connectivity index (χ2n) is 6.32. The predicted molar refractivity (Wildman–Crippen MR) is 85.3 cm³/mol.